The van der Waals surface area contributed by atoms with Gasteiger partial charge in [-0.05, 0) is 12.0 Å². The monoisotopic (exact) mass is 218 g/mol. The van der Waals surface area contributed by atoms with E-state index < -0.39 is 6.10 Å². The maximum atomic E-state index is 11.7. The summed E-state index contributed by atoms with van der Waals surface area (Å²) in [5.74, 6) is -0.215. The number of aryl methyl sites for hydroxylation is 1. The molecule has 3 nitrogen and oxygen atoms in total. The summed E-state index contributed by atoms with van der Waals surface area (Å²) in [6.45, 7) is 0. The predicted molar refractivity (Wildman–Crippen MR) is 58.9 cm³/mol. The number of rotatable bonds is 4. The van der Waals surface area contributed by atoms with E-state index in [2.05, 4.69) is 0 Å². The van der Waals surface area contributed by atoms with Crippen LogP contribution in [0, 0.1) is 0 Å². The van der Waals surface area contributed by atoms with Crippen molar-refractivity contribution in [2.45, 2.75) is 31.8 Å². The first-order valence-corrected chi connectivity index (χ1v) is 5.52. The van der Waals surface area contributed by atoms with E-state index in [1.807, 2.05) is 30.3 Å². The zero-order chi connectivity index (χ0) is 11.4. The van der Waals surface area contributed by atoms with Crippen molar-refractivity contribution in [1.82, 2.24) is 0 Å². The van der Waals surface area contributed by atoms with E-state index in [1.165, 1.54) is 0 Å². The minimum Gasteiger partial charge on any atom is -0.454 e. The van der Waals surface area contributed by atoms with Crippen LogP contribution < -0.4 is 0 Å². The van der Waals surface area contributed by atoms with E-state index in [-0.39, 0.29) is 11.8 Å². The molecule has 3 heteroatoms. The highest BCUT2D eigenvalue weighted by molar-refractivity contribution is 5.88. The molecule has 0 spiro atoms. The van der Waals surface area contributed by atoms with E-state index >= 15 is 0 Å². The lowest BCUT2D eigenvalue weighted by molar-refractivity contribution is -0.147. The van der Waals surface area contributed by atoms with E-state index in [4.69, 9.17) is 4.74 Å². The maximum absolute atomic E-state index is 11.7. The van der Waals surface area contributed by atoms with Crippen LogP contribution in [0.3, 0.4) is 0 Å². The molecule has 1 aliphatic rings. The van der Waals surface area contributed by atoms with Gasteiger partial charge in [-0.2, -0.15) is 0 Å². The van der Waals surface area contributed by atoms with Crippen molar-refractivity contribution in [1.29, 1.82) is 0 Å². The number of ether oxygens (including phenoxy) is 1. The highest BCUT2D eigenvalue weighted by Gasteiger charge is 2.28. The molecule has 0 N–H and O–H groups in total. The van der Waals surface area contributed by atoms with Gasteiger partial charge in [0.1, 0.15) is 0 Å². The Morgan fingerprint density at radius 2 is 2.06 bits per heavy atom. The van der Waals surface area contributed by atoms with Crippen LogP contribution in [-0.4, -0.2) is 17.9 Å². The van der Waals surface area contributed by atoms with Crippen LogP contribution in [0.4, 0.5) is 0 Å². The first kappa shape index (κ1) is 10.9. The van der Waals surface area contributed by atoms with E-state index in [0.29, 0.717) is 25.7 Å². The van der Waals surface area contributed by atoms with Gasteiger partial charge in [0.15, 0.2) is 11.9 Å². The lowest BCUT2D eigenvalue weighted by Crippen LogP contribution is -2.20. The number of carbonyl (C=O) groups is 2. The first-order valence-electron chi connectivity index (χ1n) is 5.52. The summed E-state index contributed by atoms with van der Waals surface area (Å²) < 4.78 is 4.92. The van der Waals surface area contributed by atoms with E-state index in [0.717, 1.165) is 5.56 Å². The second-order valence-corrected chi connectivity index (χ2v) is 3.97. The Bertz CT molecular complexity index is 383. The molecule has 0 aromatic heterocycles. The summed E-state index contributed by atoms with van der Waals surface area (Å²) in [5.41, 5.74) is 1.14. The van der Waals surface area contributed by atoms with Crippen molar-refractivity contribution >= 4 is 11.8 Å². The zero-order valence-electron chi connectivity index (χ0n) is 9.02. The van der Waals surface area contributed by atoms with Crippen molar-refractivity contribution in [2.75, 3.05) is 0 Å². The van der Waals surface area contributed by atoms with Gasteiger partial charge in [0, 0.05) is 19.3 Å². The van der Waals surface area contributed by atoms with Gasteiger partial charge < -0.3 is 4.74 Å². The fourth-order valence-corrected chi connectivity index (χ4v) is 1.83. The van der Waals surface area contributed by atoms with Crippen LogP contribution in [0.25, 0.3) is 0 Å². The molecule has 2 rings (SSSR count). The molecule has 1 saturated heterocycles. The standard InChI is InChI=1S/C13H14O3/c14-11(12-8-9-13(15)16-12)7-6-10-4-2-1-3-5-10/h1-5,12H,6-9H2. The molecule has 16 heavy (non-hydrogen) atoms. The third-order valence-electron chi connectivity index (χ3n) is 2.75. The molecule has 0 amide bonds. The first-order chi connectivity index (χ1) is 7.75. The Kier molecular flexibility index (Phi) is 3.34. The number of esters is 1. The summed E-state index contributed by atoms with van der Waals surface area (Å²) in [4.78, 5) is 22.5. The molecular weight excluding hydrogens is 204 g/mol. The largest absolute Gasteiger partial charge is 0.454 e. The second-order valence-electron chi connectivity index (χ2n) is 3.97. The summed E-state index contributed by atoms with van der Waals surface area (Å²) in [6, 6.07) is 9.84. The van der Waals surface area contributed by atoms with Gasteiger partial charge in [0.25, 0.3) is 0 Å². The molecule has 1 aliphatic heterocycles. The SMILES string of the molecule is O=C1CCC(C(=O)CCc2ccccc2)O1. The molecule has 1 unspecified atom stereocenters. The van der Waals surface area contributed by atoms with Gasteiger partial charge in [0.2, 0.25) is 0 Å². The van der Waals surface area contributed by atoms with Gasteiger partial charge >= 0.3 is 5.97 Å². The topological polar surface area (TPSA) is 43.4 Å². The fraction of sp³-hybridized carbons (Fsp3) is 0.385. The second kappa shape index (κ2) is 4.92. The third-order valence-corrected chi connectivity index (χ3v) is 2.75. The minimum absolute atomic E-state index is 0.0368. The zero-order valence-corrected chi connectivity index (χ0v) is 9.02. The van der Waals surface area contributed by atoms with Crippen LogP contribution in [0.5, 0.6) is 0 Å². The van der Waals surface area contributed by atoms with Crippen LogP contribution in [0.15, 0.2) is 30.3 Å². The van der Waals surface area contributed by atoms with Gasteiger partial charge in [-0.25, -0.2) is 0 Å². The Morgan fingerprint density at radius 3 is 2.69 bits per heavy atom. The summed E-state index contributed by atoms with van der Waals surface area (Å²) in [7, 11) is 0. The molecule has 1 atom stereocenters. The molecule has 1 heterocycles. The van der Waals surface area contributed by atoms with E-state index in [9.17, 15) is 9.59 Å². The van der Waals surface area contributed by atoms with Crippen molar-refractivity contribution in [3.63, 3.8) is 0 Å². The molecule has 1 aromatic rings. The number of hydrogen-bond acceptors (Lipinski definition) is 3. The van der Waals surface area contributed by atoms with Crippen molar-refractivity contribution in [3.05, 3.63) is 35.9 Å². The third kappa shape index (κ3) is 2.69. The Morgan fingerprint density at radius 1 is 1.31 bits per heavy atom. The van der Waals surface area contributed by atoms with Crippen LogP contribution in [-0.2, 0) is 20.7 Å². The highest BCUT2D eigenvalue weighted by atomic mass is 16.6. The van der Waals surface area contributed by atoms with Gasteiger partial charge in [-0.1, -0.05) is 30.3 Å². The van der Waals surface area contributed by atoms with Crippen molar-refractivity contribution in [3.8, 4) is 0 Å². The fourth-order valence-electron chi connectivity index (χ4n) is 1.83. The van der Waals surface area contributed by atoms with E-state index in [1.54, 1.807) is 0 Å². The summed E-state index contributed by atoms with van der Waals surface area (Å²) in [6.07, 6.45) is 1.60. The predicted octanol–water partition coefficient (Wildman–Crippen LogP) is 1.89. The Labute approximate surface area is 94.4 Å². The Balaban J connectivity index is 1.82. The molecule has 0 saturated carbocycles. The number of carbonyl (C=O) groups excluding carboxylic acids is 2. The number of cyclic esters (lactones) is 1. The van der Waals surface area contributed by atoms with Crippen molar-refractivity contribution in [2.24, 2.45) is 0 Å². The molecule has 1 aromatic carbocycles. The number of hydrogen-bond donors (Lipinski definition) is 0. The highest BCUT2D eigenvalue weighted by Crippen LogP contribution is 2.16. The van der Waals surface area contributed by atoms with Crippen molar-refractivity contribution < 1.29 is 14.3 Å². The van der Waals surface area contributed by atoms with Crippen LogP contribution in [0.1, 0.15) is 24.8 Å². The summed E-state index contributed by atoms with van der Waals surface area (Å²) in [5, 5.41) is 0. The minimum atomic E-state index is -0.490. The quantitative estimate of drug-likeness (QED) is 0.725. The van der Waals surface area contributed by atoms with Gasteiger partial charge in [-0.3, -0.25) is 9.59 Å². The average molecular weight is 218 g/mol. The lowest BCUT2D eigenvalue weighted by Gasteiger charge is -2.07. The normalized spacial score (nSPS) is 19.5. The molecule has 0 aliphatic carbocycles. The van der Waals surface area contributed by atoms with Crippen LogP contribution in [0.2, 0.25) is 0 Å². The van der Waals surface area contributed by atoms with Crippen LogP contribution >= 0.6 is 0 Å². The molecule has 1 fully saturated rings. The molecule has 0 radical (unpaired) electrons. The van der Waals surface area contributed by atoms with Gasteiger partial charge in [-0.15, -0.1) is 0 Å². The maximum Gasteiger partial charge on any atom is 0.306 e. The van der Waals surface area contributed by atoms with Gasteiger partial charge in [0.05, 0.1) is 0 Å². The number of Topliss-reactive ketones (excluding diaryl/α,β-unsaturated/α-hetero) is 1. The molecular formula is C13H14O3. The number of benzene rings is 1. The average Bonchev–Trinajstić information content (AvgIpc) is 2.74. The summed E-state index contributed by atoms with van der Waals surface area (Å²) >= 11 is 0. The molecule has 0 bridgehead atoms. The molecule has 84 valence electrons. The Hall–Kier alpha value is -1.64. The smallest absolute Gasteiger partial charge is 0.306 e. The lowest BCUT2D eigenvalue weighted by atomic mass is 10.0. The number of ketones is 1.